The van der Waals surface area contributed by atoms with E-state index in [1.807, 2.05) is 31.1 Å². The van der Waals surface area contributed by atoms with E-state index in [0.29, 0.717) is 41.1 Å². The number of hydrazone groups is 1. The summed E-state index contributed by atoms with van der Waals surface area (Å²) in [5.41, 5.74) is 1.64. The maximum Gasteiger partial charge on any atom is 0.277 e. The predicted molar refractivity (Wildman–Crippen MR) is 158 cm³/mol. The number of benzene rings is 1. The van der Waals surface area contributed by atoms with Gasteiger partial charge in [-0.05, 0) is 63.9 Å². The number of rotatable bonds is 16. The molecule has 0 saturated carbocycles. The fourth-order valence-electron chi connectivity index (χ4n) is 3.94. The highest BCUT2D eigenvalue weighted by Gasteiger charge is 2.21. The standard InChI is InChI=1S/C28H39N5O5S2/c1-21-9-14-25(38-19-7-15-29-3)31-28(21)39-22(2)30-27(34)26(32-33-16-5-6-17-33)23-10-12-24(13-11-23)40(35,36)20-8-18-37-4/h9-14,29H,2,5-8,15-20H2,1,3-4H3,(H,30,34)/b32-26+. The number of carbonyl (C=O) groups excluding carboxylic acids is 1. The van der Waals surface area contributed by atoms with Crippen molar-refractivity contribution in [1.29, 1.82) is 0 Å². The van der Waals surface area contributed by atoms with Gasteiger partial charge in [0.15, 0.2) is 15.5 Å². The third-order valence-electron chi connectivity index (χ3n) is 6.11. The Labute approximate surface area is 241 Å². The summed E-state index contributed by atoms with van der Waals surface area (Å²) >= 11 is 1.24. The summed E-state index contributed by atoms with van der Waals surface area (Å²) in [6.07, 6.45) is 3.26. The zero-order chi connectivity index (χ0) is 29.0. The van der Waals surface area contributed by atoms with Gasteiger partial charge < -0.3 is 20.1 Å². The molecule has 2 aromatic rings. The highest BCUT2D eigenvalue weighted by atomic mass is 32.2. The molecule has 40 heavy (non-hydrogen) atoms. The van der Waals surface area contributed by atoms with Crippen molar-refractivity contribution >= 4 is 33.2 Å². The number of amides is 1. The van der Waals surface area contributed by atoms with Crippen molar-refractivity contribution in [2.24, 2.45) is 5.10 Å². The third kappa shape index (κ3) is 9.61. The Morgan fingerprint density at radius 3 is 2.52 bits per heavy atom. The molecule has 2 heterocycles. The summed E-state index contributed by atoms with van der Waals surface area (Å²) in [6.45, 7) is 9.22. The molecule has 0 bridgehead atoms. The number of nitrogens with one attached hydrogen (secondary N) is 2. The first-order valence-corrected chi connectivity index (χ1v) is 15.8. The average Bonchev–Trinajstić information content (AvgIpc) is 3.45. The normalized spacial score (nSPS) is 13.9. The van der Waals surface area contributed by atoms with Crippen molar-refractivity contribution in [3.63, 3.8) is 0 Å². The summed E-state index contributed by atoms with van der Waals surface area (Å²) in [7, 11) is -0.0230. The molecule has 1 saturated heterocycles. The predicted octanol–water partition coefficient (Wildman–Crippen LogP) is 3.37. The molecule has 10 nitrogen and oxygen atoms in total. The van der Waals surface area contributed by atoms with Gasteiger partial charge in [0, 0.05) is 38.4 Å². The minimum Gasteiger partial charge on any atom is -0.478 e. The molecule has 0 aliphatic carbocycles. The number of sulfone groups is 1. The Balaban J connectivity index is 1.73. The van der Waals surface area contributed by atoms with Crippen LogP contribution >= 0.6 is 11.8 Å². The van der Waals surface area contributed by atoms with E-state index < -0.39 is 15.7 Å². The molecule has 1 aromatic heterocycles. The van der Waals surface area contributed by atoms with Crippen molar-refractivity contribution in [3.8, 4) is 5.88 Å². The summed E-state index contributed by atoms with van der Waals surface area (Å²) < 4.78 is 36.0. The number of aromatic nitrogens is 1. The van der Waals surface area contributed by atoms with E-state index in [1.54, 1.807) is 12.1 Å². The van der Waals surface area contributed by atoms with Crippen LogP contribution in [0.1, 0.15) is 36.8 Å². The molecule has 1 aliphatic heterocycles. The first-order chi connectivity index (χ1) is 19.2. The molecule has 0 atom stereocenters. The molecule has 1 fully saturated rings. The lowest BCUT2D eigenvalue weighted by Crippen LogP contribution is -2.32. The van der Waals surface area contributed by atoms with Crippen LogP contribution in [0.15, 0.2) is 63.0 Å². The molecule has 1 aliphatic rings. The number of aryl methyl sites for hydroxylation is 1. The molecule has 0 unspecified atom stereocenters. The summed E-state index contributed by atoms with van der Waals surface area (Å²) in [5, 5.41) is 13.5. The van der Waals surface area contributed by atoms with Crippen LogP contribution in [0, 0.1) is 6.92 Å². The molecule has 218 valence electrons. The van der Waals surface area contributed by atoms with Gasteiger partial charge in [-0.15, -0.1) is 0 Å². The van der Waals surface area contributed by atoms with Crippen LogP contribution in [0.25, 0.3) is 0 Å². The van der Waals surface area contributed by atoms with Crippen LogP contribution < -0.4 is 15.4 Å². The van der Waals surface area contributed by atoms with Crippen LogP contribution in [0.5, 0.6) is 5.88 Å². The Morgan fingerprint density at radius 1 is 1.12 bits per heavy atom. The van der Waals surface area contributed by atoms with Crippen LogP contribution in [0.2, 0.25) is 0 Å². The zero-order valence-corrected chi connectivity index (χ0v) is 25.1. The number of carbonyl (C=O) groups is 1. The van der Waals surface area contributed by atoms with E-state index in [9.17, 15) is 13.2 Å². The van der Waals surface area contributed by atoms with Gasteiger partial charge in [-0.1, -0.05) is 36.5 Å². The largest absolute Gasteiger partial charge is 0.478 e. The Morgan fingerprint density at radius 2 is 1.85 bits per heavy atom. The van der Waals surface area contributed by atoms with E-state index in [4.69, 9.17) is 9.47 Å². The summed E-state index contributed by atoms with van der Waals surface area (Å²) in [4.78, 5) is 18.2. The van der Waals surface area contributed by atoms with Gasteiger partial charge >= 0.3 is 0 Å². The second kappa shape index (κ2) is 15.8. The number of nitrogens with zero attached hydrogens (tertiary/aromatic N) is 3. The molecule has 0 radical (unpaired) electrons. The maximum absolute atomic E-state index is 13.4. The average molecular weight is 590 g/mol. The number of methoxy groups -OCH3 is 1. The SMILES string of the molecule is C=C(NC(=O)/C(=N/N1CCCC1)c1ccc(S(=O)(=O)CCCOC)cc1)Sc1nc(OCCCNC)ccc1C. The first-order valence-electron chi connectivity index (χ1n) is 13.3. The number of ether oxygens (including phenoxy) is 2. The van der Waals surface area contributed by atoms with Crippen LogP contribution in [0.3, 0.4) is 0 Å². The van der Waals surface area contributed by atoms with Crippen molar-refractivity contribution < 1.29 is 22.7 Å². The number of hydrogen-bond acceptors (Lipinski definition) is 10. The summed E-state index contributed by atoms with van der Waals surface area (Å²) in [6, 6.07) is 10.0. The van der Waals surface area contributed by atoms with Crippen molar-refractivity contribution in [3.05, 3.63) is 59.1 Å². The van der Waals surface area contributed by atoms with E-state index in [0.717, 1.165) is 44.5 Å². The highest BCUT2D eigenvalue weighted by Crippen LogP contribution is 2.27. The van der Waals surface area contributed by atoms with Gasteiger partial charge in [-0.25, -0.2) is 13.4 Å². The van der Waals surface area contributed by atoms with Gasteiger partial charge in [0.2, 0.25) is 5.88 Å². The second-order valence-electron chi connectivity index (χ2n) is 9.36. The Hall–Kier alpha value is -2.93. The lowest BCUT2D eigenvalue weighted by molar-refractivity contribution is -0.114. The molecule has 1 aromatic carbocycles. The fraction of sp³-hybridized carbons (Fsp3) is 0.464. The molecule has 3 rings (SSSR count). The highest BCUT2D eigenvalue weighted by molar-refractivity contribution is 8.03. The van der Waals surface area contributed by atoms with E-state index >= 15 is 0 Å². The van der Waals surface area contributed by atoms with Crippen LogP contribution in [0.4, 0.5) is 0 Å². The quantitative estimate of drug-likeness (QED) is 0.172. The van der Waals surface area contributed by atoms with Gasteiger partial charge in [0.1, 0.15) is 5.03 Å². The molecule has 12 heteroatoms. The number of pyridine rings is 1. The number of hydrogen-bond donors (Lipinski definition) is 2. The van der Waals surface area contributed by atoms with Crippen molar-refractivity contribution in [2.45, 2.75) is 42.5 Å². The van der Waals surface area contributed by atoms with Crippen LogP contribution in [-0.4, -0.2) is 82.8 Å². The lowest BCUT2D eigenvalue weighted by Gasteiger charge is -2.16. The molecule has 0 spiro atoms. The minimum atomic E-state index is -3.46. The number of thioether (sulfide) groups is 1. The van der Waals surface area contributed by atoms with Gasteiger partial charge in [0.05, 0.1) is 22.3 Å². The molecular formula is C28H39N5O5S2. The fourth-order valence-corrected chi connectivity index (χ4v) is 5.96. The summed E-state index contributed by atoms with van der Waals surface area (Å²) in [5.74, 6) is 0.0661. The maximum atomic E-state index is 13.4. The molecule has 2 N–H and O–H groups in total. The van der Waals surface area contributed by atoms with Crippen LogP contribution in [-0.2, 0) is 19.4 Å². The van der Waals surface area contributed by atoms with Gasteiger partial charge in [-0.3, -0.25) is 9.80 Å². The van der Waals surface area contributed by atoms with E-state index in [-0.39, 0.29) is 16.4 Å². The van der Waals surface area contributed by atoms with Gasteiger partial charge in [0.25, 0.3) is 5.91 Å². The smallest absolute Gasteiger partial charge is 0.277 e. The monoisotopic (exact) mass is 589 g/mol. The zero-order valence-electron chi connectivity index (χ0n) is 23.4. The molecule has 1 amide bonds. The Kier molecular flexibility index (Phi) is 12.4. The Bertz CT molecular complexity index is 1280. The second-order valence-corrected chi connectivity index (χ2v) is 12.5. The first kappa shape index (κ1) is 31.6. The molecular weight excluding hydrogens is 550 g/mol. The lowest BCUT2D eigenvalue weighted by atomic mass is 10.1. The van der Waals surface area contributed by atoms with Gasteiger partial charge in [-0.2, -0.15) is 5.10 Å². The van der Waals surface area contributed by atoms with Crippen molar-refractivity contribution in [1.82, 2.24) is 20.6 Å². The van der Waals surface area contributed by atoms with E-state index in [2.05, 4.69) is 27.3 Å². The topological polar surface area (TPSA) is 122 Å². The minimum absolute atomic E-state index is 0.0118. The van der Waals surface area contributed by atoms with Crippen molar-refractivity contribution in [2.75, 3.05) is 52.8 Å². The van der Waals surface area contributed by atoms with E-state index in [1.165, 1.54) is 31.0 Å². The third-order valence-corrected chi connectivity index (χ3v) is 8.88.